The molecule has 252 valence electrons. The van der Waals surface area contributed by atoms with Crippen LogP contribution in [0.1, 0.15) is 47.2 Å². The molecule has 0 saturated heterocycles. The standard InChI is InChI=1S/C23H14BF18NO2/c1-3-43(4-2)17(44)45-24(15-11(20(31,32)33)5-9(18(25,26)27)6-12(15)21(34,35)36)16-13(22(37,38)39)7-10(19(28,29)30)8-14(16)23(40,41)42/h5-8H,3-4H2,1-2H3. The summed E-state index contributed by atoms with van der Waals surface area (Å²) in [5, 5.41) is 0. The van der Waals surface area contributed by atoms with Gasteiger partial charge >= 0.3 is 50.1 Å². The van der Waals surface area contributed by atoms with Crippen LogP contribution < -0.4 is 10.9 Å². The summed E-state index contributed by atoms with van der Waals surface area (Å²) in [6.45, 7) is -3.25. The fourth-order valence-electron chi connectivity index (χ4n) is 4.06. The Morgan fingerprint density at radius 2 is 0.778 bits per heavy atom. The number of rotatable bonds is 5. The van der Waals surface area contributed by atoms with E-state index >= 15 is 0 Å². The van der Waals surface area contributed by atoms with Crippen LogP contribution in [0.4, 0.5) is 83.8 Å². The Labute approximate surface area is 239 Å². The summed E-state index contributed by atoms with van der Waals surface area (Å²) in [6.07, 6.45) is -39.9. The zero-order valence-electron chi connectivity index (χ0n) is 21.9. The van der Waals surface area contributed by atoms with Gasteiger partial charge in [0.25, 0.3) is 0 Å². The second-order valence-electron chi connectivity index (χ2n) is 8.89. The van der Waals surface area contributed by atoms with E-state index in [0.717, 1.165) is 13.8 Å². The fraction of sp³-hybridized carbons (Fsp3) is 0.435. The second kappa shape index (κ2) is 12.0. The third kappa shape index (κ3) is 8.41. The molecule has 0 heterocycles. The quantitative estimate of drug-likeness (QED) is 0.233. The SMILES string of the molecule is CCN(CC)C(=O)OB(c1c(C(F)(F)F)cc(C(F)(F)F)cc1C(F)(F)F)c1c(C(F)(F)F)cc(C(F)(F)F)cc1C(F)(F)F. The van der Waals surface area contributed by atoms with Crippen LogP contribution in [0.15, 0.2) is 24.3 Å². The molecule has 22 heteroatoms. The molecule has 45 heavy (non-hydrogen) atoms. The van der Waals surface area contributed by atoms with Crippen molar-refractivity contribution in [1.29, 1.82) is 0 Å². The van der Waals surface area contributed by atoms with Gasteiger partial charge in [-0.1, -0.05) is 0 Å². The maximum Gasteiger partial charge on any atom is 0.434 e. The van der Waals surface area contributed by atoms with Crippen molar-refractivity contribution in [3.05, 3.63) is 57.6 Å². The predicted molar refractivity (Wildman–Crippen MR) is 117 cm³/mol. The van der Waals surface area contributed by atoms with Crippen molar-refractivity contribution in [2.45, 2.75) is 50.9 Å². The molecule has 0 saturated carbocycles. The minimum atomic E-state index is -6.43. The van der Waals surface area contributed by atoms with Gasteiger partial charge in [-0.2, -0.15) is 79.0 Å². The number of nitrogens with zero attached hydrogens (tertiary/aromatic N) is 1. The molecule has 2 aromatic rings. The van der Waals surface area contributed by atoms with E-state index in [1.807, 2.05) is 0 Å². The summed E-state index contributed by atoms with van der Waals surface area (Å²) in [5.74, 6) is 0. The zero-order chi connectivity index (χ0) is 35.3. The lowest BCUT2D eigenvalue weighted by atomic mass is 9.50. The largest absolute Gasteiger partial charge is 0.510 e. The van der Waals surface area contributed by atoms with Gasteiger partial charge in [0, 0.05) is 13.1 Å². The Morgan fingerprint density at radius 1 is 0.533 bits per heavy atom. The minimum Gasteiger partial charge on any atom is -0.510 e. The number of alkyl halides is 18. The van der Waals surface area contributed by atoms with Crippen LogP contribution >= 0.6 is 0 Å². The monoisotopic (exact) mass is 689 g/mol. The van der Waals surface area contributed by atoms with Crippen molar-refractivity contribution in [1.82, 2.24) is 4.90 Å². The van der Waals surface area contributed by atoms with Gasteiger partial charge in [0.1, 0.15) is 0 Å². The summed E-state index contributed by atoms with van der Waals surface area (Å²) >= 11 is 0. The van der Waals surface area contributed by atoms with E-state index in [-0.39, 0.29) is 0 Å². The number of carbonyl (C=O) groups excluding carboxylic acids is 1. The maximum absolute atomic E-state index is 14.1. The van der Waals surface area contributed by atoms with Crippen molar-refractivity contribution in [3.8, 4) is 0 Å². The van der Waals surface area contributed by atoms with E-state index in [0.29, 0.717) is 4.90 Å². The topological polar surface area (TPSA) is 29.5 Å². The third-order valence-electron chi connectivity index (χ3n) is 6.00. The molecule has 0 aliphatic rings. The van der Waals surface area contributed by atoms with Crippen molar-refractivity contribution < 1.29 is 88.5 Å². The van der Waals surface area contributed by atoms with Gasteiger partial charge in [-0.05, 0) is 49.0 Å². The van der Waals surface area contributed by atoms with Crippen LogP contribution in [0.2, 0.25) is 0 Å². The van der Waals surface area contributed by atoms with Gasteiger partial charge in [-0.25, -0.2) is 4.79 Å². The van der Waals surface area contributed by atoms with Gasteiger partial charge in [-0.15, -0.1) is 0 Å². The van der Waals surface area contributed by atoms with Gasteiger partial charge in [0.15, 0.2) is 0 Å². The summed E-state index contributed by atoms with van der Waals surface area (Å²) in [4.78, 5) is 13.0. The van der Waals surface area contributed by atoms with Crippen molar-refractivity contribution in [2.24, 2.45) is 0 Å². The van der Waals surface area contributed by atoms with E-state index in [9.17, 15) is 83.8 Å². The van der Waals surface area contributed by atoms with E-state index in [1.165, 1.54) is 0 Å². The van der Waals surface area contributed by atoms with Crippen LogP contribution in [-0.2, 0) is 41.7 Å². The molecule has 0 atom stereocenters. The Hall–Kier alpha value is -3.49. The molecule has 0 fully saturated rings. The van der Waals surface area contributed by atoms with E-state index < -0.39 is 132 Å². The molecule has 0 unspecified atom stereocenters. The van der Waals surface area contributed by atoms with Gasteiger partial charge < -0.3 is 9.55 Å². The predicted octanol–water partition coefficient (Wildman–Crippen LogP) is 8.38. The lowest BCUT2D eigenvalue weighted by molar-refractivity contribution is -0.149. The summed E-state index contributed by atoms with van der Waals surface area (Å²) in [7, 11) is 0. The van der Waals surface area contributed by atoms with Crippen LogP contribution in [0.25, 0.3) is 0 Å². The Bertz CT molecular complexity index is 1230. The molecule has 0 aliphatic heterocycles. The van der Waals surface area contributed by atoms with Crippen LogP contribution in [0.3, 0.4) is 0 Å². The molecule has 0 aromatic heterocycles. The Balaban J connectivity index is 3.43. The average molecular weight is 689 g/mol. The van der Waals surface area contributed by atoms with Crippen LogP contribution in [-0.4, -0.2) is 31.0 Å². The molecule has 0 aliphatic carbocycles. The molecule has 0 N–H and O–H groups in total. The van der Waals surface area contributed by atoms with Crippen LogP contribution in [0, 0.1) is 0 Å². The average Bonchev–Trinajstić information content (AvgIpc) is 2.83. The summed E-state index contributed by atoms with van der Waals surface area (Å²) < 4.78 is 254. The normalized spacial score (nSPS) is 13.6. The van der Waals surface area contributed by atoms with E-state index in [1.54, 1.807) is 0 Å². The highest BCUT2D eigenvalue weighted by atomic mass is 19.4. The molecular formula is C23H14BF18NO2. The summed E-state index contributed by atoms with van der Waals surface area (Å²) in [6, 6.07) is -4.36. The number of carbonyl (C=O) groups is 1. The highest BCUT2D eigenvalue weighted by Crippen LogP contribution is 2.43. The number of hydrogen-bond donors (Lipinski definition) is 0. The number of amides is 1. The molecule has 2 rings (SSSR count). The fourth-order valence-corrected chi connectivity index (χ4v) is 4.06. The number of hydrogen-bond acceptors (Lipinski definition) is 2. The molecule has 0 spiro atoms. The molecule has 2 aromatic carbocycles. The first-order valence-electron chi connectivity index (χ1n) is 11.7. The molecular weight excluding hydrogens is 675 g/mol. The molecule has 3 nitrogen and oxygen atoms in total. The highest BCUT2D eigenvalue weighted by molar-refractivity contribution is 6.82. The van der Waals surface area contributed by atoms with Crippen molar-refractivity contribution in [3.63, 3.8) is 0 Å². The van der Waals surface area contributed by atoms with Gasteiger partial charge in [-0.3, -0.25) is 0 Å². The van der Waals surface area contributed by atoms with Gasteiger partial charge in [0.2, 0.25) is 0 Å². The summed E-state index contributed by atoms with van der Waals surface area (Å²) in [5.41, 5.74) is -23.8. The second-order valence-corrected chi connectivity index (χ2v) is 8.89. The Kier molecular flexibility index (Phi) is 10.1. The van der Waals surface area contributed by atoms with Gasteiger partial charge in [0.05, 0.1) is 33.4 Å². The Morgan fingerprint density at radius 3 is 0.956 bits per heavy atom. The maximum atomic E-state index is 14.1. The molecule has 0 bridgehead atoms. The first-order chi connectivity index (χ1) is 20.0. The lowest BCUT2D eigenvalue weighted by Gasteiger charge is -2.30. The first kappa shape index (κ1) is 37.7. The number of halogens is 18. The molecule has 0 radical (unpaired) electrons. The van der Waals surface area contributed by atoms with Crippen molar-refractivity contribution in [2.75, 3.05) is 13.1 Å². The van der Waals surface area contributed by atoms with Crippen LogP contribution in [0.5, 0.6) is 0 Å². The van der Waals surface area contributed by atoms with E-state index in [2.05, 4.69) is 4.65 Å². The smallest absolute Gasteiger partial charge is 0.434 e. The zero-order valence-corrected chi connectivity index (χ0v) is 21.9. The lowest BCUT2D eigenvalue weighted by Crippen LogP contribution is -2.57. The number of benzene rings is 2. The highest BCUT2D eigenvalue weighted by Gasteiger charge is 2.54. The minimum absolute atomic E-state index is 0.322. The van der Waals surface area contributed by atoms with E-state index in [4.69, 9.17) is 0 Å². The first-order valence-corrected chi connectivity index (χ1v) is 11.7. The van der Waals surface area contributed by atoms with Crippen molar-refractivity contribution >= 4 is 23.9 Å². The molecule has 1 amide bonds. The third-order valence-corrected chi connectivity index (χ3v) is 6.00.